The fraction of sp³-hybridized carbons (Fsp3) is 0.231. The Morgan fingerprint density at radius 2 is 2.11 bits per heavy atom. The van der Waals surface area contributed by atoms with E-state index in [-0.39, 0.29) is 11.0 Å². The summed E-state index contributed by atoms with van der Waals surface area (Å²) in [5.41, 5.74) is 0.367. The van der Waals surface area contributed by atoms with Crippen molar-refractivity contribution in [3.05, 3.63) is 40.1 Å². The van der Waals surface area contributed by atoms with Crippen molar-refractivity contribution in [2.24, 2.45) is 0 Å². The Hall–Kier alpha value is -1.75. The van der Waals surface area contributed by atoms with E-state index in [1.165, 1.54) is 11.8 Å². The van der Waals surface area contributed by atoms with E-state index in [4.69, 9.17) is 0 Å². The minimum Gasteiger partial charge on any atom is -0.477 e. The molecule has 18 heavy (non-hydrogen) atoms. The Labute approximate surface area is 107 Å². The van der Waals surface area contributed by atoms with Crippen LogP contribution in [-0.4, -0.2) is 21.4 Å². The van der Waals surface area contributed by atoms with Crippen LogP contribution in [-0.2, 0) is 6.54 Å². The number of rotatable bonds is 1. The van der Waals surface area contributed by atoms with Gasteiger partial charge in [-0.05, 0) is 18.6 Å². The highest BCUT2D eigenvalue weighted by molar-refractivity contribution is 7.99. The van der Waals surface area contributed by atoms with Crippen molar-refractivity contribution in [2.45, 2.75) is 18.0 Å². The number of carbonyl (C=O) groups is 1. The van der Waals surface area contributed by atoms with Crippen LogP contribution < -0.4 is 5.43 Å². The first kappa shape index (κ1) is 11.3. The Bertz CT molecular complexity index is 705. The standard InChI is InChI=1S/C13H11NO3S/c15-11-8-4-1-2-5-9(8)14-6-3-7-18-12(14)10(11)13(16)17/h1-2,4-5H,3,6-7H2,(H,16,17). The maximum Gasteiger partial charge on any atom is 0.342 e. The highest BCUT2D eigenvalue weighted by atomic mass is 32.2. The van der Waals surface area contributed by atoms with E-state index in [0.29, 0.717) is 10.4 Å². The minimum absolute atomic E-state index is 0.0848. The van der Waals surface area contributed by atoms with Crippen LogP contribution in [0.5, 0.6) is 0 Å². The van der Waals surface area contributed by atoms with Crippen LogP contribution in [0.15, 0.2) is 34.1 Å². The third-order valence-corrected chi connectivity index (χ3v) is 4.30. The second kappa shape index (κ2) is 4.17. The van der Waals surface area contributed by atoms with Crippen molar-refractivity contribution in [3.8, 4) is 0 Å². The van der Waals surface area contributed by atoms with Gasteiger partial charge in [-0.3, -0.25) is 4.79 Å². The zero-order chi connectivity index (χ0) is 12.7. The molecule has 4 nitrogen and oxygen atoms in total. The Kier molecular flexibility index (Phi) is 2.63. The summed E-state index contributed by atoms with van der Waals surface area (Å²) in [6.45, 7) is 0.767. The molecule has 1 aliphatic rings. The minimum atomic E-state index is -1.14. The maximum absolute atomic E-state index is 12.2. The highest BCUT2D eigenvalue weighted by Gasteiger charge is 2.23. The average Bonchev–Trinajstić information content (AvgIpc) is 2.39. The zero-order valence-corrected chi connectivity index (χ0v) is 10.4. The normalized spacial score (nSPS) is 14.4. The van der Waals surface area contributed by atoms with E-state index in [1.807, 2.05) is 16.7 Å². The number of aromatic carboxylic acids is 1. The van der Waals surface area contributed by atoms with Gasteiger partial charge < -0.3 is 9.67 Å². The van der Waals surface area contributed by atoms with E-state index in [1.54, 1.807) is 12.1 Å². The molecule has 2 aromatic rings. The molecular weight excluding hydrogens is 250 g/mol. The van der Waals surface area contributed by atoms with Gasteiger partial charge in [0.05, 0.1) is 10.5 Å². The Morgan fingerprint density at radius 3 is 2.89 bits per heavy atom. The molecule has 0 atom stereocenters. The molecule has 0 radical (unpaired) electrons. The molecule has 0 aliphatic carbocycles. The fourth-order valence-electron chi connectivity index (χ4n) is 2.33. The molecule has 0 unspecified atom stereocenters. The molecule has 1 aliphatic heterocycles. The summed E-state index contributed by atoms with van der Waals surface area (Å²) in [5.74, 6) is -0.276. The summed E-state index contributed by atoms with van der Waals surface area (Å²) < 4.78 is 1.95. The zero-order valence-electron chi connectivity index (χ0n) is 9.55. The fourth-order valence-corrected chi connectivity index (χ4v) is 3.47. The number of pyridine rings is 1. The van der Waals surface area contributed by atoms with Crippen LogP contribution >= 0.6 is 11.8 Å². The molecule has 3 rings (SSSR count). The molecule has 92 valence electrons. The van der Waals surface area contributed by atoms with Crippen LogP contribution in [0.3, 0.4) is 0 Å². The van der Waals surface area contributed by atoms with Gasteiger partial charge in [-0.25, -0.2) is 4.79 Å². The topological polar surface area (TPSA) is 59.3 Å². The molecule has 5 heteroatoms. The molecule has 0 fully saturated rings. The van der Waals surface area contributed by atoms with Crippen LogP contribution in [0.1, 0.15) is 16.8 Å². The van der Waals surface area contributed by atoms with E-state index >= 15 is 0 Å². The first-order valence-corrected chi connectivity index (χ1v) is 6.70. The number of carboxylic acids is 1. The number of carboxylic acid groups (broad SMARTS) is 1. The molecule has 0 amide bonds. The van der Waals surface area contributed by atoms with Gasteiger partial charge in [0.25, 0.3) is 0 Å². The van der Waals surface area contributed by atoms with Crippen molar-refractivity contribution < 1.29 is 9.90 Å². The quantitative estimate of drug-likeness (QED) is 0.855. The van der Waals surface area contributed by atoms with Gasteiger partial charge in [-0.1, -0.05) is 12.1 Å². The molecule has 2 heterocycles. The number of thioether (sulfide) groups is 1. The lowest BCUT2D eigenvalue weighted by Crippen LogP contribution is -2.24. The number of aromatic nitrogens is 1. The molecule has 0 saturated heterocycles. The maximum atomic E-state index is 12.2. The van der Waals surface area contributed by atoms with Crippen LogP contribution in [0.25, 0.3) is 10.9 Å². The molecule has 1 N–H and O–H groups in total. The predicted octanol–water partition coefficient (Wildman–Crippen LogP) is 2.20. The number of nitrogens with zero attached hydrogens (tertiary/aromatic N) is 1. The smallest absolute Gasteiger partial charge is 0.342 e. The van der Waals surface area contributed by atoms with Gasteiger partial charge >= 0.3 is 5.97 Å². The van der Waals surface area contributed by atoms with Crippen molar-refractivity contribution in [3.63, 3.8) is 0 Å². The van der Waals surface area contributed by atoms with Crippen molar-refractivity contribution >= 4 is 28.6 Å². The van der Waals surface area contributed by atoms with Crippen LogP contribution in [0.4, 0.5) is 0 Å². The van der Waals surface area contributed by atoms with Crippen molar-refractivity contribution in [1.82, 2.24) is 4.57 Å². The number of hydrogen-bond donors (Lipinski definition) is 1. The van der Waals surface area contributed by atoms with Crippen LogP contribution in [0, 0.1) is 0 Å². The number of para-hydroxylation sites is 1. The SMILES string of the molecule is O=C(O)c1c2n(c3ccccc3c1=O)CCCS2. The molecule has 0 saturated carbocycles. The van der Waals surface area contributed by atoms with Gasteiger partial charge in [-0.2, -0.15) is 0 Å². The summed E-state index contributed by atoms with van der Waals surface area (Å²) in [6.07, 6.45) is 0.990. The summed E-state index contributed by atoms with van der Waals surface area (Å²) in [7, 11) is 0. The number of hydrogen-bond acceptors (Lipinski definition) is 3. The summed E-state index contributed by atoms with van der Waals surface area (Å²) in [6, 6.07) is 7.20. The first-order chi connectivity index (χ1) is 8.70. The van der Waals surface area contributed by atoms with Gasteiger partial charge in [0.2, 0.25) is 5.43 Å². The van der Waals surface area contributed by atoms with Gasteiger partial charge in [-0.15, -0.1) is 11.8 Å². The molecule has 1 aromatic heterocycles. The summed E-state index contributed by atoms with van der Waals surface area (Å²) in [5, 5.41) is 10.3. The Morgan fingerprint density at radius 1 is 1.33 bits per heavy atom. The molecular formula is C13H11NO3S. The lowest BCUT2D eigenvalue weighted by Gasteiger charge is -2.22. The van der Waals surface area contributed by atoms with E-state index in [9.17, 15) is 14.7 Å². The van der Waals surface area contributed by atoms with Gasteiger partial charge in [0, 0.05) is 17.7 Å². The Balaban J connectivity index is 2.51. The van der Waals surface area contributed by atoms with Crippen LogP contribution in [0.2, 0.25) is 0 Å². The van der Waals surface area contributed by atoms with Crippen molar-refractivity contribution in [2.75, 3.05) is 5.75 Å². The van der Waals surface area contributed by atoms with E-state index in [0.717, 1.165) is 24.2 Å². The number of aryl methyl sites for hydroxylation is 1. The first-order valence-electron chi connectivity index (χ1n) is 5.72. The second-order valence-corrected chi connectivity index (χ2v) is 5.27. The summed E-state index contributed by atoms with van der Waals surface area (Å²) >= 11 is 1.45. The van der Waals surface area contributed by atoms with E-state index in [2.05, 4.69) is 0 Å². The lowest BCUT2D eigenvalue weighted by molar-refractivity contribution is 0.0690. The van der Waals surface area contributed by atoms with Gasteiger partial charge in [0.15, 0.2) is 0 Å². The number of fused-ring (bicyclic) bond motifs is 3. The third kappa shape index (κ3) is 1.54. The molecule has 0 spiro atoms. The highest BCUT2D eigenvalue weighted by Crippen LogP contribution is 2.30. The average molecular weight is 261 g/mol. The second-order valence-electron chi connectivity index (χ2n) is 4.19. The third-order valence-electron chi connectivity index (χ3n) is 3.10. The molecule has 1 aromatic carbocycles. The monoisotopic (exact) mass is 261 g/mol. The number of benzene rings is 1. The largest absolute Gasteiger partial charge is 0.477 e. The lowest BCUT2D eigenvalue weighted by atomic mass is 10.1. The van der Waals surface area contributed by atoms with Gasteiger partial charge in [0.1, 0.15) is 5.56 Å². The van der Waals surface area contributed by atoms with Crippen molar-refractivity contribution in [1.29, 1.82) is 0 Å². The summed E-state index contributed by atoms with van der Waals surface area (Å²) in [4.78, 5) is 23.5. The van der Waals surface area contributed by atoms with E-state index < -0.39 is 5.97 Å². The molecule has 0 bridgehead atoms. The predicted molar refractivity (Wildman–Crippen MR) is 70.5 cm³/mol.